The molecule has 4 rings (SSSR count). The Hall–Kier alpha value is -3.08. The summed E-state index contributed by atoms with van der Waals surface area (Å²) in [7, 11) is 0. The number of hydrogen-bond donors (Lipinski definition) is 3. The standard InChI is InChI=1S/C20H20ClF3N6O2/c21-13-5-4-10(8-12(13)20(22,23)24)26-18(32)11-9-14(31)27-17-15(11)16(25)28-19(29-17)30-6-2-1-3-7-30/h4-5,8,11H,1-3,6-7,9H2,(H,26,32)(H3,25,27,28,29,31)/t11-/m1/s1. The molecule has 0 bridgehead atoms. The molecule has 0 unspecified atom stereocenters. The van der Waals surface area contributed by atoms with Crippen LogP contribution in [0.5, 0.6) is 0 Å². The molecule has 4 N–H and O–H groups in total. The van der Waals surface area contributed by atoms with Gasteiger partial charge in [-0.15, -0.1) is 0 Å². The monoisotopic (exact) mass is 468 g/mol. The van der Waals surface area contributed by atoms with E-state index in [4.69, 9.17) is 17.3 Å². The number of halogens is 4. The van der Waals surface area contributed by atoms with E-state index in [0.29, 0.717) is 5.95 Å². The Morgan fingerprint density at radius 3 is 2.62 bits per heavy atom. The van der Waals surface area contributed by atoms with Crippen LogP contribution in [0.4, 0.5) is 36.4 Å². The number of piperidine rings is 1. The number of nitrogens with zero attached hydrogens (tertiary/aromatic N) is 3. The number of alkyl halides is 3. The number of rotatable bonds is 3. The molecule has 0 radical (unpaired) electrons. The smallest absolute Gasteiger partial charge is 0.383 e. The van der Waals surface area contributed by atoms with Crippen molar-refractivity contribution >= 4 is 46.7 Å². The number of nitrogens with one attached hydrogen (secondary N) is 2. The van der Waals surface area contributed by atoms with E-state index in [1.54, 1.807) is 0 Å². The fraction of sp³-hybridized carbons (Fsp3) is 0.400. The lowest BCUT2D eigenvalue weighted by molar-refractivity contribution is -0.137. The number of aromatic nitrogens is 2. The van der Waals surface area contributed by atoms with Crippen molar-refractivity contribution in [2.24, 2.45) is 0 Å². The van der Waals surface area contributed by atoms with Gasteiger partial charge in [-0.05, 0) is 37.5 Å². The van der Waals surface area contributed by atoms with E-state index in [2.05, 4.69) is 20.6 Å². The Balaban J connectivity index is 1.63. The van der Waals surface area contributed by atoms with Crippen LogP contribution < -0.4 is 21.3 Å². The van der Waals surface area contributed by atoms with E-state index < -0.39 is 34.5 Å². The third kappa shape index (κ3) is 4.43. The van der Waals surface area contributed by atoms with Gasteiger partial charge < -0.3 is 21.3 Å². The van der Waals surface area contributed by atoms with Crippen LogP contribution in [-0.2, 0) is 15.8 Å². The van der Waals surface area contributed by atoms with E-state index in [1.807, 2.05) is 4.90 Å². The number of anilines is 4. The lowest BCUT2D eigenvalue weighted by atomic mass is 9.91. The van der Waals surface area contributed by atoms with E-state index >= 15 is 0 Å². The van der Waals surface area contributed by atoms with Gasteiger partial charge in [0.25, 0.3) is 0 Å². The fourth-order valence-electron chi connectivity index (χ4n) is 3.89. The first-order chi connectivity index (χ1) is 15.1. The molecule has 12 heteroatoms. The second kappa shape index (κ2) is 8.45. The van der Waals surface area contributed by atoms with Gasteiger partial charge in [-0.25, -0.2) is 0 Å². The van der Waals surface area contributed by atoms with Crippen molar-refractivity contribution in [1.29, 1.82) is 0 Å². The Kier molecular flexibility index (Phi) is 5.85. The third-order valence-electron chi connectivity index (χ3n) is 5.45. The normalized spacial score (nSPS) is 18.7. The number of nitrogen functional groups attached to an aromatic ring is 1. The number of benzene rings is 1. The maximum absolute atomic E-state index is 13.1. The molecule has 0 saturated carbocycles. The molecule has 1 aromatic carbocycles. The van der Waals surface area contributed by atoms with Crippen LogP contribution in [-0.4, -0.2) is 34.9 Å². The maximum Gasteiger partial charge on any atom is 0.417 e. The van der Waals surface area contributed by atoms with Crippen LogP contribution >= 0.6 is 11.6 Å². The predicted octanol–water partition coefficient (Wildman–Crippen LogP) is 3.79. The molecule has 2 aliphatic heterocycles. The largest absolute Gasteiger partial charge is 0.417 e. The lowest BCUT2D eigenvalue weighted by Gasteiger charge is -2.30. The van der Waals surface area contributed by atoms with Crippen molar-refractivity contribution in [1.82, 2.24) is 9.97 Å². The molecular weight excluding hydrogens is 449 g/mol. The SMILES string of the molecule is Nc1nc(N2CCCCC2)nc2c1[C@H](C(=O)Nc1ccc(Cl)c(C(F)(F)F)c1)CC(=O)N2. The molecule has 1 atom stereocenters. The highest BCUT2D eigenvalue weighted by Crippen LogP contribution is 2.39. The Morgan fingerprint density at radius 2 is 1.94 bits per heavy atom. The van der Waals surface area contributed by atoms with Gasteiger partial charge in [0.05, 0.1) is 22.1 Å². The minimum Gasteiger partial charge on any atom is -0.383 e. The van der Waals surface area contributed by atoms with Gasteiger partial charge >= 0.3 is 6.18 Å². The fourth-order valence-corrected chi connectivity index (χ4v) is 4.12. The topological polar surface area (TPSA) is 113 Å². The van der Waals surface area contributed by atoms with Crippen molar-refractivity contribution in [2.45, 2.75) is 37.8 Å². The van der Waals surface area contributed by atoms with Crippen LogP contribution in [0, 0.1) is 0 Å². The summed E-state index contributed by atoms with van der Waals surface area (Å²) in [5.74, 6) is -1.65. The summed E-state index contributed by atoms with van der Waals surface area (Å²) < 4.78 is 39.4. The number of nitrogens with two attached hydrogens (primary N) is 1. The molecule has 2 amide bonds. The van der Waals surface area contributed by atoms with Crippen molar-refractivity contribution < 1.29 is 22.8 Å². The third-order valence-corrected chi connectivity index (χ3v) is 5.78. The van der Waals surface area contributed by atoms with Crippen LogP contribution in [0.15, 0.2) is 18.2 Å². The molecule has 8 nitrogen and oxygen atoms in total. The molecule has 1 aromatic heterocycles. The summed E-state index contributed by atoms with van der Waals surface area (Å²) in [6, 6.07) is 3.03. The summed E-state index contributed by atoms with van der Waals surface area (Å²) in [5.41, 5.74) is 5.20. The maximum atomic E-state index is 13.1. The number of hydrogen-bond acceptors (Lipinski definition) is 6. The van der Waals surface area contributed by atoms with Crippen LogP contribution in [0.25, 0.3) is 0 Å². The number of fused-ring (bicyclic) bond motifs is 1. The van der Waals surface area contributed by atoms with Gasteiger partial charge in [0.15, 0.2) is 0 Å². The Bertz CT molecular complexity index is 1070. The van der Waals surface area contributed by atoms with E-state index in [1.165, 1.54) is 6.07 Å². The summed E-state index contributed by atoms with van der Waals surface area (Å²) in [5, 5.41) is 4.56. The number of carbonyl (C=O) groups excluding carboxylic acids is 2. The van der Waals surface area contributed by atoms with Gasteiger partial charge in [0.1, 0.15) is 11.6 Å². The van der Waals surface area contributed by atoms with Gasteiger partial charge in [-0.3, -0.25) is 9.59 Å². The first kappa shape index (κ1) is 22.1. The van der Waals surface area contributed by atoms with Gasteiger partial charge in [-0.2, -0.15) is 23.1 Å². The van der Waals surface area contributed by atoms with E-state index in [-0.39, 0.29) is 29.3 Å². The predicted molar refractivity (Wildman–Crippen MR) is 114 cm³/mol. The van der Waals surface area contributed by atoms with Crippen molar-refractivity contribution in [3.63, 3.8) is 0 Å². The van der Waals surface area contributed by atoms with Gasteiger partial charge in [0.2, 0.25) is 17.8 Å². The highest BCUT2D eigenvalue weighted by atomic mass is 35.5. The molecule has 2 aliphatic rings. The molecule has 3 heterocycles. The average molecular weight is 469 g/mol. The summed E-state index contributed by atoms with van der Waals surface area (Å²) in [6.07, 6.45) is -1.85. The van der Waals surface area contributed by atoms with E-state index in [9.17, 15) is 22.8 Å². The molecule has 32 heavy (non-hydrogen) atoms. The molecule has 1 fully saturated rings. The molecule has 0 spiro atoms. The van der Waals surface area contributed by atoms with Crippen LogP contribution in [0.1, 0.15) is 42.7 Å². The highest BCUT2D eigenvalue weighted by Gasteiger charge is 2.36. The minimum absolute atomic E-state index is 0.0443. The van der Waals surface area contributed by atoms with Gasteiger partial charge in [-0.1, -0.05) is 11.6 Å². The van der Waals surface area contributed by atoms with Crippen LogP contribution in [0.3, 0.4) is 0 Å². The minimum atomic E-state index is -4.68. The zero-order valence-corrected chi connectivity index (χ0v) is 17.6. The lowest BCUT2D eigenvalue weighted by Crippen LogP contribution is -2.35. The number of amides is 2. The Morgan fingerprint density at radius 1 is 1.22 bits per heavy atom. The quantitative estimate of drug-likeness (QED) is 0.631. The second-order valence-electron chi connectivity index (χ2n) is 7.71. The molecule has 2 aromatic rings. The van der Waals surface area contributed by atoms with Crippen molar-refractivity contribution in [2.75, 3.05) is 34.4 Å². The van der Waals surface area contributed by atoms with E-state index in [0.717, 1.165) is 44.5 Å². The Labute approximate surface area is 186 Å². The highest BCUT2D eigenvalue weighted by molar-refractivity contribution is 6.31. The molecule has 1 saturated heterocycles. The first-order valence-electron chi connectivity index (χ1n) is 10.0. The van der Waals surface area contributed by atoms with Crippen molar-refractivity contribution in [3.8, 4) is 0 Å². The second-order valence-corrected chi connectivity index (χ2v) is 8.11. The average Bonchev–Trinajstić information content (AvgIpc) is 2.74. The zero-order chi connectivity index (χ0) is 23.0. The molecular formula is C20H20ClF3N6O2. The first-order valence-corrected chi connectivity index (χ1v) is 10.4. The molecule has 170 valence electrons. The summed E-state index contributed by atoms with van der Waals surface area (Å²) in [4.78, 5) is 35.9. The summed E-state index contributed by atoms with van der Waals surface area (Å²) >= 11 is 5.63. The van der Waals surface area contributed by atoms with Crippen molar-refractivity contribution in [3.05, 3.63) is 34.3 Å². The van der Waals surface area contributed by atoms with Crippen LogP contribution in [0.2, 0.25) is 5.02 Å². The zero-order valence-electron chi connectivity index (χ0n) is 16.8. The summed E-state index contributed by atoms with van der Waals surface area (Å²) in [6.45, 7) is 1.52. The number of carbonyl (C=O) groups is 2. The molecule has 0 aliphatic carbocycles. The van der Waals surface area contributed by atoms with Gasteiger partial charge in [0, 0.05) is 25.2 Å².